The summed E-state index contributed by atoms with van der Waals surface area (Å²) in [7, 11) is 3.39. The summed E-state index contributed by atoms with van der Waals surface area (Å²) < 4.78 is 13.2. The molecular formula is C25H23Cl2N3O3. The summed E-state index contributed by atoms with van der Waals surface area (Å²) in [5.74, 6) is 1.32. The highest BCUT2D eigenvalue weighted by molar-refractivity contribution is 6.37. The Morgan fingerprint density at radius 2 is 1.85 bits per heavy atom. The molecule has 1 aliphatic rings. The Bertz CT molecular complexity index is 1320. The number of aromatic nitrogens is 3. The molecular weight excluding hydrogens is 461 g/mol. The normalized spacial score (nSPS) is 15.4. The van der Waals surface area contributed by atoms with Gasteiger partial charge in [-0.1, -0.05) is 41.4 Å². The Labute approximate surface area is 201 Å². The highest BCUT2D eigenvalue weighted by atomic mass is 35.5. The van der Waals surface area contributed by atoms with Gasteiger partial charge in [0.25, 0.3) is 5.88 Å². The molecule has 2 aromatic carbocycles. The molecule has 0 unspecified atom stereocenters. The number of ether oxygens (including phenoxy) is 2. The summed E-state index contributed by atoms with van der Waals surface area (Å²) in [6.07, 6.45) is 5.62. The van der Waals surface area contributed by atoms with E-state index in [0.29, 0.717) is 61.9 Å². The summed E-state index contributed by atoms with van der Waals surface area (Å²) in [4.78, 5) is 8.81. The molecule has 0 amide bonds. The third-order valence-electron chi connectivity index (χ3n) is 6.07. The molecule has 2 heterocycles. The first-order valence-electron chi connectivity index (χ1n) is 10.7. The van der Waals surface area contributed by atoms with Crippen molar-refractivity contribution in [3.05, 3.63) is 81.9 Å². The molecule has 1 saturated carbocycles. The summed E-state index contributed by atoms with van der Waals surface area (Å²) >= 11 is 12.9. The maximum Gasteiger partial charge on any atom is 0.258 e. The van der Waals surface area contributed by atoms with Crippen molar-refractivity contribution in [2.24, 2.45) is 13.0 Å². The molecule has 2 aromatic heterocycles. The summed E-state index contributed by atoms with van der Waals surface area (Å²) in [5, 5.41) is 13.8. The van der Waals surface area contributed by atoms with Gasteiger partial charge in [0.05, 0.1) is 42.5 Å². The van der Waals surface area contributed by atoms with Crippen LogP contribution in [0.1, 0.15) is 29.7 Å². The van der Waals surface area contributed by atoms with E-state index in [-0.39, 0.29) is 0 Å². The van der Waals surface area contributed by atoms with Crippen LogP contribution in [0.2, 0.25) is 10.0 Å². The van der Waals surface area contributed by atoms with Crippen molar-refractivity contribution in [2.75, 3.05) is 13.7 Å². The second-order valence-electron chi connectivity index (χ2n) is 8.36. The Hall–Kier alpha value is -2.80. The van der Waals surface area contributed by atoms with Crippen LogP contribution in [-0.4, -0.2) is 33.4 Å². The van der Waals surface area contributed by atoms with Gasteiger partial charge in [-0.25, -0.2) is 9.97 Å². The fraction of sp³-hybridized carbons (Fsp3) is 0.280. The minimum atomic E-state index is -1.50. The van der Waals surface area contributed by atoms with Crippen molar-refractivity contribution in [1.82, 2.24) is 14.5 Å². The molecule has 1 atom stereocenters. The van der Waals surface area contributed by atoms with Crippen LogP contribution in [0.25, 0.3) is 10.9 Å². The second kappa shape index (κ2) is 8.52. The first-order valence-corrected chi connectivity index (χ1v) is 11.4. The second-order valence-corrected chi connectivity index (χ2v) is 9.17. The van der Waals surface area contributed by atoms with Crippen LogP contribution in [0.15, 0.2) is 55.0 Å². The van der Waals surface area contributed by atoms with E-state index in [1.165, 1.54) is 0 Å². The predicted octanol–water partition coefficient (Wildman–Crippen LogP) is 5.36. The number of pyridine rings is 1. The molecule has 33 heavy (non-hydrogen) atoms. The third kappa shape index (κ3) is 3.92. The van der Waals surface area contributed by atoms with Gasteiger partial charge in [-0.15, -0.1) is 0 Å². The van der Waals surface area contributed by atoms with E-state index < -0.39 is 5.60 Å². The van der Waals surface area contributed by atoms with Crippen LogP contribution >= 0.6 is 23.2 Å². The molecule has 0 bridgehead atoms. The Balaban J connectivity index is 1.69. The number of fused-ring (bicyclic) bond motifs is 1. The first kappa shape index (κ1) is 22.0. The van der Waals surface area contributed by atoms with E-state index in [0.717, 1.165) is 12.8 Å². The van der Waals surface area contributed by atoms with Crippen molar-refractivity contribution in [2.45, 2.75) is 18.4 Å². The van der Waals surface area contributed by atoms with Crippen molar-refractivity contribution < 1.29 is 14.6 Å². The summed E-state index contributed by atoms with van der Waals surface area (Å²) in [5.41, 5.74) is 1.01. The third-order valence-corrected chi connectivity index (χ3v) is 6.70. The first-order chi connectivity index (χ1) is 15.9. The molecule has 5 rings (SSSR count). The van der Waals surface area contributed by atoms with Crippen molar-refractivity contribution in [3.63, 3.8) is 0 Å². The fourth-order valence-corrected chi connectivity index (χ4v) is 4.43. The lowest BCUT2D eigenvalue weighted by atomic mass is 9.83. The number of halogens is 2. The van der Waals surface area contributed by atoms with E-state index in [2.05, 4.69) is 9.97 Å². The minimum Gasteiger partial charge on any atom is -0.486 e. The van der Waals surface area contributed by atoms with Crippen LogP contribution in [0, 0.1) is 5.92 Å². The lowest BCUT2D eigenvalue weighted by Crippen LogP contribution is -2.31. The SMILES string of the molecule is COc1nc2ccc([C@](O)(c3ccc(Cl)cc3)c3cncn3C)cc2c(Cl)c1OCC1CC1. The molecule has 0 spiro atoms. The number of nitrogens with zero attached hydrogens (tertiary/aromatic N) is 3. The topological polar surface area (TPSA) is 69.4 Å². The van der Waals surface area contributed by atoms with Gasteiger partial charge in [0.15, 0.2) is 5.60 Å². The van der Waals surface area contributed by atoms with Gasteiger partial charge in [0.1, 0.15) is 0 Å². The van der Waals surface area contributed by atoms with E-state index in [1.54, 1.807) is 48.5 Å². The molecule has 0 radical (unpaired) electrons. The van der Waals surface area contributed by atoms with Crippen LogP contribution < -0.4 is 9.47 Å². The molecule has 1 aliphatic carbocycles. The Morgan fingerprint density at radius 1 is 1.12 bits per heavy atom. The number of aliphatic hydroxyl groups is 1. The molecule has 0 aliphatic heterocycles. The van der Waals surface area contributed by atoms with E-state index >= 15 is 0 Å². The largest absolute Gasteiger partial charge is 0.486 e. The summed E-state index contributed by atoms with van der Waals surface area (Å²) in [6, 6.07) is 12.6. The Kier molecular flexibility index (Phi) is 5.69. The molecule has 8 heteroatoms. The predicted molar refractivity (Wildman–Crippen MR) is 128 cm³/mol. The number of methoxy groups -OCH3 is 1. The molecule has 4 aromatic rings. The molecule has 6 nitrogen and oxygen atoms in total. The number of imidazole rings is 1. The van der Waals surface area contributed by atoms with Gasteiger partial charge in [-0.3, -0.25) is 0 Å². The van der Waals surface area contributed by atoms with Crippen LogP contribution in [0.5, 0.6) is 11.6 Å². The lowest BCUT2D eigenvalue weighted by molar-refractivity contribution is 0.117. The van der Waals surface area contributed by atoms with Crippen molar-refractivity contribution in [3.8, 4) is 11.6 Å². The standard InChI is InChI=1S/C25H23Cl2N3O3/c1-30-14-28-12-21(30)25(31,16-5-8-18(26)9-6-16)17-7-10-20-19(11-17)22(27)23(24(29-20)32-2)33-13-15-3-4-15/h5-12,14-15,31H,3-4,13H2,1-2H3/t25-/m1/s1. The van der Waals surface area contributed by atoms with Crippen molar-refractivity contribution >= 4 is 34.1 Å². The smallest absolute Gasteiger partial charge is 0.258 e. The van der Waals surface area contributed by atoms with Crippen molar-refractivity contribution in [1.29, 1.82) is 0 Å². The maximum absolute atomic E-state index is 12.2. The average molecular weight is 484 g/mol. The maximum atomic E-state index is 12.2. The van der Waals surface area contributed by atoms with E-state index in [1.807, 2.05) is 25.2 Å². The highest BCUT2D eigenvalue weighted by Gasteiger charge is 2.37. The van der Waals surface area contributed by atoms with Gasteiger partial charge in [0, 0.05) is 17.5 Å². The van der Waals surface area contributed by atoms with Crippen LogP contribution in [0.3, 0.4) is 0 Å². The molecule has 1 N–H and O–H groups in total. The van der Waals surface area contributed by atoms with Gasteiger partial charge < -0.3 is 19.1 Å². The number of hydrogen-bond acceptors (Lipinski definition) is 5. The number of rotatable bonds is 7. The zero-order chi connectivity index (χ0) is 23.2. The van der Waals surface area contributed by atoms with E-state index in [4.69, 9.17) is 32.7 Å². The van der Waals surface area contributed by atoms with Gasteiger partial charge in [-0.05, 0) is 54.2 Å². The number of benzene rings is 2. The number of aryl methyl sites for hydroxylation is 1. The molecule has 0 saturated heterocycles. The van der Waals surface area contributed by atoms with Crippen LogP contribution in [-0.2, 0) is 12.6 Å². The molecule has 170 valence electrons. The minimum absolute atomic E-state index is 0.348. The zero-order valence-electron chi connectivity index (χ0n) is 18.3. The highest BCUT2D eigenvalue weighted by Crippen LogP contribution is 2.43. The van der Waals surface area contributed by atoms with Gasteiger partial charge in [-0.2, -0.15) is 0 Å². The number of hydrogen-bond donors (Lipinski definition) is 1. The zero-order valence-corrected chi connectivity index (χ0v) is 19.8. The van der Waals surface area contributed by atoms with E-state index in [9.17, 15) is 5.11 Å². The lowest BCUT2D eigenvalue weighted by Gasteiger charge is -2.30. The molecule has 1 fully saturated rings. The van der Waals surface area contributed by atoms with Crippen LogP contribution in [0.4, 0.5) is 0 Å². The summed E-state index contributed by atoms with van der Waals surface area (Å²) in [6.45, 7) is 0.576. The quantitative estimate of drug-likeness (QED) is 0.383. The monoisotopic (exact) mass is 483 g/mol. The van der Waals surface area contributed by atoms with Gasteiger partial charge >= 0.3 is 0 Å². The van der Waals surface area contributed by atoms with Gasteiger partial charge in [0.2, 0.25) is 5.75 Å². The average Bonchev–Trinajstić information content (AvgIpc) is 3.55. The fourth-order valence-electron chi connectivity index (χ4n) is 4.02. The Morgan fingerprint density at radius 3 is 2.48 bits per heavy atom.